The maximum Gasteiger partial charge on any atom is 0.309 e. The first-order chi connectivity index (χ1) is 9.39. The van der Waals surface area contributed by atoms with Gasteiger partial charge >= 0.3 is 5.97 Å². The minimum absolute atomic E-state index is 0.104. The van der Waals surface area contributed by atoms with Crippen LogP contribution in [0.5, 0.6) is 0 Å². The lowest BCUT2D eigenvalue weighted by atomic mass is 9.80. The average molecular weight is 280 g/mol. The largest absolute Gasteiger partial charge is 0.481 e. The van der Waals surface area contributed by atoms with E-state index >= 15 is 0 Å². The molecule has 0 radical (unpaired) electrons. The number of carbonyl (C=O) groups is 2. The van der Waals surface area contributed by atoms with Crippen molar-refractivity contribution < 1.29 is 19.2 Å². The molecule has 0 spiro atoms. The van der Waals surface area contributed by atoms with Gasteiger partial charge in [0.1, 0.15) is 11.3 Å². The third-order valence-electron chi connectivity index (χ3n) is 4.15. The van der Waals surface area contributed by atoms with Crippen molar-refractivity contribution in [2.45, 2.75) is 40.0 Å². The molecule has 1 aromatic heterocycles. The molecular formula is C14H20N2O4. The van der Waals surface area contributed by atoms with Gasteiger partial charge in [-0.15, -0.1) is 0 Å². The second-order valence-electron chi connectivity index (χ2n) is 5.57. The second kappa shape index (κ2) is 5.26. The molecule has 0 unspecified atom stereocenters. The lowest BCUT2D eigenvalue weighted by molar-refractivity contribution is -0.150. The Morgan fingerprint density at radius 3 is 2.50 bits per heavy atom. The van der Waals surface area contributed by atoms with Gasteiger partial charge in [0, 0.05) is 13.1 Å². The summed E-state index contributed by atoms with van der Waals surface area (Å²) in [5.41, 5.74) is 0.471. The van der Waals surface area contributed by atoms with E-state index in [0.29, 0.717) is 49.4 Å². The van der Waals surface area contributed by atoms with Gasteiger partial charge in [-0.25, -0.2) is 0 Å². The minimum atomic E-state index is -0.792. The van der Waals surface area contributed by atoms with Gasteiger partial charge in [0.25, 0.3) is 5.91 Å². The van der Waals surface area contributed by atoms with Crippen LogP contribution in [0.3, 0.4) is 0 Å². The van der Waals surface area contributed by atoms with E-state index in [4.69, 9.17) is 4.52 Å². The molecule has 1 saturated heterocycles. The number of carboxylic acids is 1. The van der Waals surface area contributed by atoms with Crippen molar-refractivity contribution in [2.75, 3.05) is 13.1 Å². The molecule has 0 bridgehead atoms. The van der Waals surface area contributed by atoms with Gasteiger partial charge in [-0.2, -0.15) is 0 Å². The monoisotopic (exact) mass is 280 g/mol. The number of piperidine rings is 1. The lowest BCUT2D eigenvalue weighted by Crippen LogP contribution is -2.45. The Labute approximate surface area is 117 Å². The number of hydrogen-bond donors (Lipinski definition) is 1. The van der Waals surface area contributed by atoms with E-state index in [1.165, 1.54) is 0 Å². The molecule has 1 aliphatic heterocycles. The Balaban J connectivity index is 2.13. The third-order valence-corrected chi connectivity index (χ3v) is 4.15. The standard InChI is InChI=1S/C14H20N2O4/c1-4-10-11(9(2)20-15-10)12(17)16-7-5-14(3,6-8-16)13(18)19/h4-8H2,1-3H3,(H,18,19). The van der Waals surface area contributed by atoms with Gasteiger partial charge in [0.15, 0.2) is 0 Å². The van der Waals surface area contributed by atoms with Crippen LogP contribution >= 0.6 is 0 Å². The number of carboxylic acid groups (broad SMARTS) is 1. The summed E-state index contributed by atoms with van der Waals surface area (Å²) >= 11 is 0. The van der Waals surface area contributed by atoms with Crippen molar-refractivity contribution in [3.63, 3.8) is 0 Å². The Morgan fingerprint density at radius 2 is 2.00 bits per heavy atom. The number of aromatic nitrogens is 1. The molecule has 0 saturated carbocycles. The highest BCUT2D eigenvalue weighted by Crippen LogP contribution is 2.32. The van der Waals surface area contributed by atoms with Crippen molar-refractivity contribution >= 4 is 11.9 Å². The summed E-state index contributed by atoms with van der Waals surface area (Å²) in [7, 11) is 0. The molecule has 2 heterocycles. The highest BCUT2D eigenvalue weighted by molar-refractivity contribution is 5.96. The van der Waals surface area contributed by atoms with Gasteiger partial charge in [0.05, 0.1) is 11.1 Å². The zero-order valence-electron chi connectivity index (χ0n) is 12.1. The number of aryl methyl sites for hydroxylation is 2. The molecule has 0 atom stereocenters. The van der Waals surface area contributed by atoms with E-state index < -0.39 is 11.4 Å². The summed E-state index contributed by atoms with van der Waals surface area (Å²) in [5.74, 6) is -0.369. The zero-order valence-corrected chi connectivity index (χ0v) is 12.1. The fraction of sp³-hybridized carbons (Fsp3) is 0.643. The van der Waals surface area contributed by atoms with E-state index in [2.05, 4.69) is 5.16 Å². The molecule has 110 valence electrons. The van der Waals surface area contributed by atoms with Crippen LogP contribution in [0, 0.1) is 12.3 Å². The third kappa shape index (κ3) is 2.42. The van der Waals surface area contributed by atoms with Crippen molar-refractivity contribution in [3.05, 3.63) is 17.0 Å². The van der Waals surface area contributed by atoms with E-state index in [1.807, 2.05) is 6.92 Å². The fourth-order valence-corrected chi connectivity index (χ4v) is 2.51. The normalized spacial score (nSPS) is 18.1. The number of rotatable bonds is 3. The number of hydrogen-bond acceptors (Lipinski definition) is 4. The van der Waals surface area contributed by atoms with Crippen LogP contribution in [0.4, 0.5) is 0 Å². The molecule has 1 aromatic rings. The summed E-state index contributed by atoms with van der Waals surface area (Å²) in [6.45, 7) is 6.29. The molecule has 2 rings (SSSR count). The molecule has 1 amide bonds. The van der Waals surface area contributed by atoms with Gasteiger partial charge in [0.2, 0.25) is 0 Å². The molecule has 1 fully saturated rings. The van der Waals surface area contributed by atoms with Gasteiger partial charge < -0.3 is 14.5 Å². The number of amides is 1. The maximum absolute atomic E-state index is 12.5. The van der Waals surface area contributed by atoms with E-state index in [-0.39, 0.29) is 5.91 Å². The number of nitrogens with zero attached hydrogens (tertiary/aromatic N) is 2. The predicted octanol–water partition coefficient (Wildman–Crippen LogP) is 1.87. The first-order valence-electron chi connectivity index (χ1n) is 6.87. The van der Waals surface area contributed by atoms with E-state index in [0.717, 1.165) is 0 Å². The van der Waals surface area contributed by atoms with Gasteiger partial charge in [-0.05, 0) is 33.1 Å². The van der Waals surface area contributed by atoms with Crippen LogP contribution < -0.4 is 0 Å². The molecule has 0 aliphatic carbocycles. The van der Waals surface area contributed by atoms with E-state index in [9.17, 15) is 14.7 Å². The SMILES string of the molecule is CCc1noc(C)c1C(=O)N1CCC(C)(C(=O)O)CC1. The quantitative estimate of drug-likeness (QED) is 0.913. The van der Waals surface area contributed by atoms with Crippen molar-refractivity contribution in [3.8, 4) is 0 Å². The molecule has 6 nitrogen and oxygen atoms in total. The summed E-state index contributed by atoms with van der Waals surface area (Å²) in [5, 5.41) is 13.1. The maximum atomic E-state index is 12.5. The molecular weight excluding hydrogens is 260 g/mol. The van der Waals surface area contributed by atoms with Crippen LogP contribution in [-0.4, -0.2) is 40.1 Å². The Bertz CT molecular complexity index is 527. The summed E-state index contributed by atoms with van der Waals surface area (Å²) in [4.78, 5) is 25.4. The molecule has 6 heteroatoms. The van der Waals surface area contributed by atoms with Crippen LogP contribution in [0.1, 0.15) is 48.5 Å². The first kappa shape index (κ1) is 14.6. The van der Waals surface area contributed by atoms with Crippen LogP contribution in [0.2, 0.25) is 0 Å². The molecule has 1 aliphatic rings. The molecule has 1 N–H and O–H groups in total. The lowest BCUT2D eigenvalue weighted by Gasteiger charge is -2.36. The topological polar surface area (TPSA) is 83.6 Å². The molecule has 20 heavy (non-hydrogen) atoms. The van der Waals surface area contributed by atoms with Crippen LogP contribution in [0.15, 0.2) is 4.52 Å². The predicted molar refractivity (Wildman–Crippen MR) is 71.5 cm³/mol. The number of carbonyl (C=O) groups excluding carboxylic acids is 1. The van der Waals surface area contributed by atoms with Crippen LogP contribution in [0.25, 0.3) is 0 Å². The number of aliphatic carboxylic acids is 1. The van der Waals surface area contributed by atoms with Crippen molar-refractivity contribution in [1.82, 2.24) is 10.1 Å². The smallest absolute Gasteiger partial charge is 0.309 e. The zero-order chi connectivity index (χ0) is 14.9. The highest BCUT2D eigenvalue weighted by atomic mass is 16.5. The van der Waals surface area contributed by atoms with Crippen LogP contribution in [-0.2, 0) is 11.2 Å². The average Bonchev–Trinajstić information content (AvgIpc) is 2.79. The summed E-state index contributed by atoms with van der Waals surface area (Å²) in [6, 6.07) is 0. The summed E-state index contributed by atoms with van der Waals surface area (Å²) in [6.07, 6.45) is 1.58. The van der Waals surface area contributed by atoms with Gasteiger partial charge in [-0.1, -0.05) is 12.1 Å². The fourth-order valence-electron chi connectivity index (χ4n) is 2.51. The first-order valence-corrected chi connectivity index (χ1v) is 6.87. The highest BCUT2D eigenvalue weighted by Gasteiger charge is 2.39. The summed E-state index contributed by atoms with van der Waals surface area (Å²) < 4.78 is 5.09. The van der Waals surface area contributed by atoms with Crippen molar-refractivity contribution in [1.29, 1.82) is 0 Å². The Morgan fingerprint density at radius 1 is 1.40 bits per heavy atom. The Kier molecular flexibility index (Phi) is 3.83. The minimum Gasteiger partial charge on any atom is -0.481 e. The Hall–Kier alpha value is -1.85. The van der Waals surface area contributed by atoms with Crippen molar-refractivity contribution in [2.24, 2.45) is 5.41 Å². The van der Waals surface area contributed by atoms with E-state index in [1.54, 1.807) is 18.7 Å². The second-order valence-corrected chi connectivity index (χ2v) is 5.57. The number of likely N-dealkylation sites (tertiary alicyclic amines) is 1. The molecule has 0 aromatic carbocycles. The van der Waals surface area contributed by atoms with Gasteiger partial charge in [-0.3, -0.25) is 9.59 Å².